The number of fused-ring (bicyclic) bond motifs is 1. The Morgan fingerprint density at radius 1 is 1.44 bits per heavy atom. The van der Waals surface area contributed by atoms with Crippen LogP contribution in [-0.2, 0) is 0 Å². The molecule has 0 aliphatic carbocycles. The lowest BCUT2D eigenvalue weighted by Gasteiger charge is -2.23. The van der Waals surface area contributed by atoms with Gasteiger partial charge in [0.15, 0.2) is 11.5 Å². The van der Waals surface area contributed by atoms with Gasteiger partial charge < -0.3 is 9.32 Å². The first-order valence-electron chi connectivity index (χ1n) is 6.02. The summed E-state index contributed by atoms with van der Waals surface area (Å²) in [6, 6.07) is 8.50. The van der Waals surface area contributed by atoms with Crippen LogP contribution in [0.5, 0.6) is 0 Å². The average Bonchev–Trinajstić information content (AvgIpc) is 2.68. The second-order valence-corrected chi connectivity index (χ2v) is 4.64. The van der Waals surface area contributed by atoms with Gasteiger partial charge in [-0.3, -0.25) is 0 Å². The summed E-state index contributed by atoms with van der Waals surface area (Å²) in [4.78, 5) is 6.48. The number of benzene rings is 1. The van der Waals surface area contributed by atoms with Gasteiger partial charge >= 0.3 is 0 Å². The summed E-state index contributed by atoms with van der Waals surface area (Å²) < 4.78 is 5.47. The van der Waals surface area contributed by atoms with Crippen LogP contribution in [-0.4, -0.2) is 24.0 Å². The van der Waals surface area contributed by atoms with E-state index in [4.69, 9.17) is 9.68 Å². The monoisotopic (exact) mass is 243 g/mol. The Kier molecular flexibility index (Phi) is 3.63. The summed E-state index contributed by atoms with van der Waals surface area (Å²) >= 11 is 0. The number of aryl methyl sites for hydroxylation is 1. The van der Waals surface area contributed by atoms with E-state index in [1.165, 1.54) is 5.56 Å². The van der Waals surface area contributed by atoms with Gasteiger partial charge in [0.2, 0.25) is 0 Å². The highest BCUT2D eigenvalue weighted by molar-refractivity contribution is 5.73. The van der Waals surface area contributed by atoms with E-state index in [-0.39, 0.29) is 6.04 Å². The van der Waals surface area contributed by atoms with Crippen molar-refractivity contribution in [2.75, 3.05) is 14.1 Å². The largest absolute Gasteiger partial charge is 0.441 e. The molecule has 1 unspecified atom stereocenters. The van der Waals surface area contributed by atoms with E-state index in [1.807, 2.05) is 33.2 Å². The number of oxazole rings is 1. The first kappa shape index (κ1) is 12.6. The molecule has 18 heavy (non-hydrogen) atoms. The van der Waals surface area contributed by atoms with Crippen molar-refractivity contribution in [3.05, 3.63) is 29.7 Å². The third-order valence-electron chi connectivity index (χ3n) is 3.06. The van der Waals surface area contributed by atoms with E-state index < -0.39 is 0 Å². The molecule has 4 nitrogen and oxygen atoms in total. The zero-order valence-electron chi connectivity index (χ0n) is 11.0. The molecule has 0 saturated carbocycles. The molecule has 4 heteroatoms. The van der Waals surface area contributed by atoms with Gasteiger partial charge in [-0.15, -0.1) is 0 Å². The standard InChI is InChI=1S/C14H17N3O/c1-10-16-12-9-11(6-7-14(12)18-10)13(17(2)3)5-4-8-15/h6-7,9,13H,4-5H2,1-3H3. The fourth-order valence-corrected chi connectivity index (χ4v) is 2.19. The molecule has 0 amide bonds. The molecular weight excluding hydrogens is 226 g/mol. The summed E-state index contributed by atoms with van der Waals surface area (Å²) in [5, 5.41) is 8.72. The Labute approximate surface area is 107 Å². The summed E-state index contributed by atoms with van der Waals surface area (Å²) in [6.07, 6.45) is 1.38. The van der Waals surface area contributed by atoms with Gasteiger partial charge in [0.25, 0.3) is 0 Å². The van der Waals surface area contributed by atoms with Crippen LogP contribution in [0.4, 0.5) is 0 Å². The minimum Gasteiger partial charge on any atom is -0.441 e. The predicted octanol–water partition coefficient (Wildman–Crippen LogP) is 3.04. The molecular formula is C14H17N3O. The summed E-state index contributed by atoms with van der Waals surface area (Å²) in [7, 11) is 4.06. The summed E-state index contributed by atoms with van der Waals surface area (Å²) in [6.45, 7) is 1.85. The Balaban J connectivity index is 2.35. The minimum absolute atomic E-state index is 0.242. The van der Waals surface area contributed by atoms with Crippen molar-refractivity contribution < 1.29 is 4.42 Å². The maximum atomic E-state index is 8.72. The van der Waals surface area contributed by atoms with Crippen LogP contribution in [0.15, 0.2) is 22.6 Å². The third-order valence-corrected chi connectivity index (χ3v) is 3.06. The van der Waals surface area contributed by atoms with Gasteiger partial charge in [-0.1, -0.05) is 6.07 Å². The van der Waals surface area contributed by atoms with Crippen LogP contribution in [0.3, 0.4) is 0 Å². The minimum atomic E-state index is 0.242. The van der Waals surface area contributed by atoms with Crippen LogP contribution in [0.1, 0.15) is 30.3 Å². The molecule has 2 aromatic rings. The molecule has 0 fully saturated rings. The van der Waals surface area contributed by atoms with E-state index >= 15 is 0 Å². The molecule has 0 aliphatic rings. The van der Waals surface area contributed by atoms with Crippen molar-refractivity contribution in [2.24, 2.45) is 0 Å². The lowest BCUT2D eigenvalue weighted by molar-refractivity contribution is 0.286. The van der Waals surface area contributed by atoms with Gasteiger partial charge in [0, 0.05) is 19.4 Å². The number of rotatable bonds is 4. The Morgan fingerprint density at radius 3 is 2.89 bits per heavy atom. The first-order chi connectivity index (χ1) is 8.61. The second-order valence-electron chi connectivity index (χ2n) is 4.64. The summed E-state index contributed by atoms with van der Waals surface area (Å²) in [5.74, 6) is 0.681. The van der Waals surface area contributed by atoms with E-state index in [0.717, 1.165) is 17.5 Å². The molecule has 0 saturated heterocycles. The van der Waals surface area contributed by atoms with Gasteiger partial charge in [-0.05, 0) is 38.2 Å². The van der Waals surface area contributed by atoms with Crippen molar-refractivity contribution in [3.63, 3.8) is 0 Å². The van der Waals surface area contributed by atoms with Crippen LogP contribution in [0.2, 0.25) is 0 Å². The van der Waals surface area contributed by atoms with E-state index in [9.17, 15) is 0 Å². The first-order valence-corrected chi connectivity index (χ1v) is 6.02. The average molecular weight is 243 g/mol. The highest BCUT2D eigenvalue weighted by Gasteiger charge is 2.15. The molecule has 2 rings (SSSR count). The number of nitrogens with zero attached hydrogens (tertiary/aromatic N) is 3. The predicted molar refractivity (Wildman–Crippen MR) is 70.0 cm³/mol. The molecule has 0 aliphatic heterocycles. The van der Waals surface area contributed by atoms with Crippen LogP contribution >= 0.6 is 0 Å². The lowest BCUT2D eigenvalue weighted by atomic mass is 10.0. The molecule has 94 valence electrons. The quantitative estimate of drug-likeness (QED) is 0.828. The van der Waals surface area contributed by atoms with Crippen LogP contribution in [0, 0.1) is 18.3 Å². The maximum Gasteiger partial charge on any atom is 0.192 e. The number of hydrogen-bond acceptors (Lipinski definition) is 4. The highest BCUT2D eigenvalue weighted by Crippen LogP contribution is 2.26. The molecule has 1 aromatic heterocycles. The van der Waals surface area contributed by atoms with Gasteiger partial charge in [0.05, 0.1) is 6.07 Å². The SMILES string of the molecule is Cc1nc2cc(C(CCC#N)N(C)C)ccc2o1. The number of hydrogen-bond donors (Lipinski definition) is 0. The second kappa shape index (κ2) is 5.19. The fourth-order valence-electron chi connectivity index (χ4n) is 2.19. The Morgan fingerprint density at radius 2 is 2.22 bits per heavy atom. The van der Waals surface area contributed by atoms with Crippen LogP contribution < -0.4 is 0 Å². The van der Waals surface area contributed by atoms with Crippen LogP contribution in [0.25, 0.3) is 11.1 Å². The molecule has 0 N–H and O–H groups in total. The number of nitriles is 1. The molecule has 1 atom stereocenters. The molecule has 1 heterocycles. The summed E-state index contributed by atoms with van der Waals surface area (Å²) in [5.41, 5.74) is 2.87. The van der Waals surface area contributed by atoms with E-state index in [0.29, 0.717) is 12.3 Å². The normalized spacial score (nSPS) is 12.8. The smallest absolute Gasteiger partial charge is 0.192 e. The lowest BCUT2D eigenvalue weighted by Crippen LogP contribution is -2.19. The molecule has 1 aromatic carbocycles. The van der Waals surface area contributed by atoms with Crippen molar-refractivity contribution >= 4 is 11.1 Å². The fraction of sp³-hybridized carbons (Fsp3) is 0.429. The van der Waals surface area contributed by atoms with Crippen molar-refractivity contribution in [3.8, 4) is 6.07 Å². The molecule has 0 bridgehead atoms. The van der Waals surface area contributed by atoms with Gasteiger partial charge in [-0.25, -0.2) is 4.98 Å². The zero-order valence-corrected chi connectivity index (χ0v) is 11.0. The third kappa shape index (κ3) is 2.52. The van der Waals surface area contributed by atoms with Crippen molar-refractivity contribution in [2.45, 2.75) is 25.8 Å². The molecule has 0 spiro atoms. The number of aromatic nitrogens is 1. The zero-order chi connectivity index (χ0) is 13.1. The Hall–Kier alpha value is -1.86. The van der Waals surface area contributed by atoms with E-state index in [1.54, 1.807) is 0 Å². The molecule has 0 radical (unpaired) electrons. The van der Waals surface area contributed by atoms with Crippen molar-refractivity contribution in [1.29, 1.82) is 5.26 Å². The Bertz CT molecular complexity index is 580. The topological polar surface area (TPSA) is 53.1 Å². The van der Waals surface area contributed by atoms with E-state index in [2.05, 4.69) is 22.0 Å². The highest BCUT2D eigenvalue weighted by atomic mass is 16.3. The maximum absolute atomic E-state index is 8.72. The van der Waals surface area contributed by atoms with Crippen molar-refractivity contribution in [1.82, 2.24) is 9.88 Å². The van der Waals surface area contributed by atoms with Gasteiger partial charge in [0.1, 0.15) is 5.52 Å². The van der Waals surface area contributed by atoms with Gasteiger partial charge in [-0.2, -0.15) is 5.26 Å².